The van der Waals surface area contributed by atoms with Crippen LogP contribution in [0.1, 0.15) is 24.1 Å². The van der Waals surface area contributed by atoms with E-state index in [0.717, 1.165) is 12.1 Å². The Kier molecular flexibility index (Phi) is 7.74. The second kappa shape index (κ2) is 11.4. The number of anilines is 2. The van der Waals surface area contributed by atoms with Gasteiger partial charge in [-0.1, -0.05) is 12.1 Å². The van der Waals surface area contributed by atoms with Crippen LogP contribution in [-0.2, 0) is 22.2 Å². The van der Waals surface area contributed by atoms with Gasteiger partial charge in [0.05, 0.1) is 41.9 Å². The topological polar surface area (TPSA) is 97.3 Å². The molecule has 1 fully saturated rings. The molecule has 1 amide bonds. The third-order valence-corrected chi connectivity index (χ3v) is 7.16. The van der Waals surface area contributed by atoms with E-state index in [0.29, 0.717) is 35.4 Å². The van der Waals surface area contributed by atoms with Crippen molar-refractivity contribution in [1.29, 1.82) is 0 Å². The third kappa shape index (κ3) is 5.78. The van der Waals surface area contributed by atoms with Crippen LogP contribution in [0.15, 0.2) is 60.2 Å². The van der Waals surface area contributed by atoms with Gasteiger partial charge in [-0.15, -0.1) is 11.3 Å². The van der Waals surface area contributed by atoms with Crippen molar-refractivity contribution in [2.24, 2.45) is 0 Å². The van der Waals surface area contributed by atoms with E-state index in [1.165, 1.54) is 52.9 Å². The number of alkyl halides is 3. The van der Waals surface area contributed by atoms with E-state index in [2.05, 4.69) is 20.5 Å². The van der Waals surface area contributed by atoms with Gasteiger partial charge in [0.15, 0.2) is 11.6 Å². The van der Waals surface area contributed by atoms with Crippen molar-refractivity contribution < 1.29 is 31.9 Å². The van der Waals surface area contributed by atoms with Crippen molar-refractivity contribution in [2.45, 2.75) is 31.5 Å². The number of rotatable bonds is 8. The van der Waals surface area contributed by atoms with E-state index in [1.54, 1.807) is 11.4 Å². The average molecular weight is 572 g/mol. The van der Waals surface area contributed by atoms with Crippen LogP contribution in [-0.4, -0.2) is 40.0 Å². The van der Waals surface area contributed by atoms with Gasteiger partial charge in [-0.2, -0.15) is 23.4 Å². The highest BCUT2D eigenvalue weighted by atomic mass is 32.1. The van der Waals surface area contributed by atoms with Crippen LogP contribution in [0.25, 0.3) is 10.6 Å². The molecule has 13 heteroatoms. The number of aldehydes is 1. The Balaban J connectivity index is 1.50. The van der Waals surface area contributed by atoms with Crippen LogP contribution in [0.5, 0.6) is 11.5 Å². The quantitative estimate of drug-likeness (QED) is 0.208. The number of thiazole rings is 1. The highest BCUT2D eigenvalue weighted by Gasteiger charge is 2.42. The summed E-state index contributed by atoms with van der Waals surface area (Å²) < 4.78 is 63.5. The summed E-state index contributed by atoms with van der Waals surface area (Å²) in [4.78, 5) is 30.5. The van der Waals surface area contributed by atoms with Crippen molar-refractivity contribution in [3.05, 3.63) is 77.3 Å². The van der Waals surface area contributed by atoms with Gasteiger partial charge in [-0.05, 0) is 43.2 Å². The second-order valence-electron chi connectivity index (χ2n) is 8.90. The van der Waals surface area contributed by atoms with E-state index < -0.39 is 46.7 Å². The smallest absolute Gasteiger partial charge is 0.422 e. The van der Waals surface area contributed by atoms with Crippen molar-refractivity contribution in [2.75, 3.05) is 16.8 Å². The van der Waals surface area contributed by atoms with E-state index in [-0.39, 0.29) is 18.7 Å². The summed E-state index contributed by atoms with van der Waals surface area (Å²) >= 11 is 1.29. The van der Waals surface area contributed by atoms with Crippen molar-refractivity contribution >= 4 is 34.9 Å². The van der Waals surface area contributed by atoms with Crippen molar-refractivity contribution in [1.82, 2.24) is 15.2 Å². The number of aromatic nitrogens is 3. The molecule has 206 valence electrons. The van der Waals surface area contributed by atoms with Crippen LogP contribution in [0.4, 0.5) is 28.9 Å². The van der Waals surface area contributed by atoms with Crippen LogP contribution >= 0.6 is 11.3 Å². The molecule has 1 N–H and O–H groups in total. The first-order chi connectivity index (χ1) is 19.2. The molecule has 0 bridgehead atoms. The summed E-state index contributed by atoms with van der Waals surface area (Å²) in [7, 11) is 0. The first-order valence-electron chi connectivity index (χ1n) is 12.1. The van der Waals surface area contributed by atoms with Crippen molar-refractivity contribution in [3.8, 4) is 22.1 Å². The Morgan fingerprint density at radius 3 is 2.70 bits per heavy atom. The first-order valence-corrected chi connectivity index (χ1v) is 13.0. The number of nitrogens with one attached hydrogen (secondary N) is 1. The lowest BCUT2D eigenvalue weighted by molar-refractivity contribution is -0.138. The first kappa shape index (κ1) is 27.2. The Bertz CT molecular complexity index is 1530. The fraction of sp³-hybridized carbons (Fsp3) is 0.222. The Morgan fingerprint density at radius 2 is 1.98 bits per heavy atom. The average Bonchev–Trinajstić information content (AvgIpc) is 3.60. The predicted octanol–water partition coefficient (Wildman–Crippen LogP) is 5.90. The number of halogens is 4. The van der Waals surface area contributed by atoms with E-state index in [4.69, 9.17) is 4.74 Å². The molecule has 40 heavy (non-hydrogen) atoms. The number of ether oxygens (including phenoxy) is 1. The van der Waals surface area contributed by atoms with Gasteiger partial charge in [0, 0.05) is 17.5 Å². The largest absolute Gasteiger partial charge is 0.454 e. The molecule has 5 rings (SSSR count). The van der Waals surface area contributed by atoms with Gasteiger partial charge < -0.3 is 19.7 Å². The number of nitrogens with zero attached hydrogens (tertiary/aromatic N) is 4. The minimum absolute atomic E-state index is 0.147. The molecular formula is C27H21F4N5O3S. The molecule has 1 atom stereocenters. The molecule has 4 aromatic rings. The standard InChI is InChI=1S/C27H21F4N5O3S/c28-19-5-1-2-6-21(19)39-22-8-7-20(25(24(22)27(29,30)31)36-11-3-4-18(36)14-37)35-23(38)12-17-15-40-26(34-17)16-9-10-32-33-13-16/h1-2,5-10,13-15,18H,3-4,11-12H2,(H,35,38)/t18-/m1/s1. The molecule has 0 radical (unpaired) electrons. The summed E-state index contributed by atoms with van der Waals surface area (Å²) in [6.07, 6.45) is -0.745. The van der Waals surface area contributed by atoms with E-state index in [1.807, 2.05) is 0 Å². The Hall–Kier alpha value is -4.39. The minimum Gasteiger partial charge on any atom is -0.454 e. The second-order valence-corrected chi connectivity index (χ2v) is 9.76. The van der Waals surface area contributed by atoms with Gasteiger partial charge >= 0.3 is 6.18 Å². The number of carbonyl (C=O) groups is 2. The molecule has 0 saturated carbocycles. The van der Waals surface area contributed by atoms with Gasteiger partial charge in [-0.3, -0.25) is 4.79 Å². The summed E-state index contributed by atoms with van der Waals surface area (Å²) in [5.74, 6) is -2.50. The summed E-state index contributed by atoms with van der Waals surface area (Å²) in [5, 5.41) is 12.4. The highest BCUT2D eigenvalue weighted by molar-refractivity contribution is 7.13. The Labute approximate surface area is 229 Å². The summed E-state index contributed by atoms with van der Waals surface area (Å²) in [5.41, 5.74) is -0.656. The van der Waals surface area contributed by atoms with Gasteiger partial charge in [0.2, 0.25) is 5.91 Å². The zero-order valence-corrected chi connectivity index (χ0v) is 21.5. The molecule has 1 aliphatic rings. The van der Waals surface area contributed by atoms with Crippen LogP contribution in [0, 0.1) is 5.82 Å². The maximum atomic E-state index is 14.6. The molecule has 0 aliphatic carbocycles. The molecule has 0 unspecified atom stereocenters. The molecule has 3 heterocycles. The maximum absolute atomic E-state index is 14.6. The monoisotopic (exact) mass is 571 g/mol. The number of hydrogen-bond acceptors (Lipinski definition) is 8. The summed E-state index contributed by atoms with van der Waals surface area (Å²) in [6, 6.07) is 8.25. The number of para-hydroxylation sites is 1. The normalized spacial score (nSPS) is 15.2. The molecule has 1 aliphatic heterocycles. The highest BCUT2D eigenvalue weighted by Crippen LogP contribution is 2.49. The lowest BCUT2D eigenvalue weighted by Gasteiger charge is -2.30. The lowest BCUT2D eigenvalue weighted by Crippen LogP contribution is -2.33. The summed E-state index contributed by atoms with van der Waals surface area (Å²) in [6.45, 7) is 0.147. The molecular weight excluding hydrogens is 550 g/mol. The number of amides is 1. The number of hydrogen-bond donors (Lipinski definition) is 1. The van der Waals surface area contributed by atoms with Crippen molar-refractivity contribution in [3.63, 3.8) is 0 Å². The predicted molar refractivity (Wildman–Crippen MR) is 140 cm³/mol. The van der Waals surface area contributed by atoms with Crippen LogP contribution in [0.3, 0.4) is 0 Å². The molecule has 8 nitrogen and oxygen atoms in total. The van der Waals surface area contributed by atoms with Gasteiger partial charge in [0.1, 0.15) is 22.6 Å². The third-order valence-electron chi connectivity index (χ3n) is 6.22. The zero-order chi connectivity index (χ0) is 28.3. The van der Waals surface area contributed by atoms with Crippen LogP contribution in [0.2, 0.25) is 0 Å². The van der Waals surface area contributed by atoms with Crippen LogP contribution < -0.4 is 15.0 Å². The fourth-order valence-corrected chi connectivity index (χ4v) is 5.30. The number of benzene rings is 2. The van der Waals surface area contributed by atoms with Gasteiger partial charge in [0.25, 0.3) is 0 Å². The molecule has 1 saturated heterocycles. The molecule has 0 spiro atoms. The SMILES string of the molecule is O=C[C@H]1CCCN1c1c(NC(=O)Cc2csc(-c3ccnnc3)n2)ccc(Oc2ccccc2F)c1C(F)(F)F. The number of carbonyl (C=O) groups excluding carboxylic acids is 2. The zero-order valence-electron chi connectivity index (χ0n) is 20.7. The maximum Gasteiger partial charge on any atom is 0.422 e. The van der Waals surface area contributed by atoms with E-state index >= 15 is 0 Å². The van der Waals surface area contributed by atoms with Gasteiger partial charge in [-0.25, -0.2) is 9.37 Å². The Morgan fingerprint density at radius 1 is 1.15 bits per heavy atom. The lowest BCUT2D eigenvalue weighted by atomic mass is 10.1. The van der Waals surface area contributed by atoms with E-state index in [9.17, 15) is 27.2 Å². The minimum atomic E-state index is -4.96. The molecule has 2 aromatic carbocycles. The molecule has 2 aromatic heterocycles. The fourth-order valence-electron chi connectivity index (χ4n) is 4.49.